The summed E-state index contributed by atoms with van der Waals surface area (Å²) < 4.78 is 0. The molecule has 1 heterocycles. The van der Waals surface area contributed by atoms with Gasteiger partial charge in [-0.1, -0.05) is 11.6 Å². The topological polar surface area (TPSA) is 62.7 Å². The number of hydrogen-bond donors (Lipinski definition) is 1. The van der Waals surface area contributed by atoms with Crippen LogP contribution in [-0.2, 0) is 0 Å². The van der Waals surface area contributed by atoms with Crippen molar-refractivity contribution in [3.05, 3.63) is 34.5 Å². The maximum Gasteiger partial charge on any atom is 0.143 e. The van der Waals surface area contributed by atoms with E-state index in [2.05, 4.69) is 4.98 Å². The molecule has 3 nitrogen and oxygen atoms in total. The van der Waals surface area contributed by atoms with Crippen LogP contribution in [0.4, 0.5) is 5.69 Å². The van der Waals surface area contributed by atoms with Crippen LogP contribution in [0.2, 0.25) is 5.02 Å². The molecule has 0 saturated carbocycles. The number of hydrogen-bond acceptors (Lipinski definition) is 3. The zero-order chi connectivity index (χ0) is 11.0. The molecular weight excluding hydrogens is 210 g/mol. The normalized spacial score (nSPS) is 10.2. The van der Waals surface area contributed by atoms with Crippen LogP contribution < -0.4 is 5.73 Å². The van der Waals surface area contributed by atoms with Crippen molar-refractivity contribution in [1.82, 2.24) is 4.98 Å². The van der Waals surface area contributed by atoms with Crippen LogP contribution in [0.15, 0.2) is 18.2 Å². The summed E-state index contributed by atoms with van der Waals surface area (Å²) >= 11 is 5.97. The molecule has 15 heavy (non-hydrogen) atoms. The highest BCUT2D eigenvalue weighted by atomic mass is 35.5. The largest absolute Gasteiger partial charge is 0.398 e. The summed E-state index contributed by atoms with van der Waals surface area (Å²) in [6, 6.07) is 7.13. The first-order valence-corrected chi connectivity index (χ1v) is 4.76. The third kappa shape index (κ3) is 1.49. The van der Waals surface area contributed by atoms with Gasteiger partial charge in [0, 0.05) is 16.1 Å². The van der Waals surface area contributed by atoms with Crippen molar-refractivity contribution < 1.29 is 0 Å². The summed E-state index contributed by atoms with van der Waals surface area (Å²) in [5, 5.41) is 10.2. The lowest BCUT2D eigenvalue weighted by Crippen LogP contribution is -1.94. The predicted molar refractivity (Wildman–Crippen MR) is 60.6 cm³/mol. The molecule has 0 fully saturated rings. The highest BCUT2D eigenvalue weighted by Gasteiger charge is 2.07. The molecule has 0 spiro atoms. The van der Waals surface area contributed by atoms with Gasteiger partial charge in [-0.25, -0.2) is 4.98 Å². The maximum atomic E-state index is 8.78. The van der Waals surface area contributed by atoms with Crippen molar-refractivity contribution >= 4 is 28.2 Å². The second-order valence-electron chi connectivity index (χ2n) is 3.28. The quantitative estimate of drug-likeness (QED) is 0.738. The van der Waals surface area contributed by atoms with Crippen molar-refractivity contribution in [3.8, 4) is 6.07 Å². The van der Waals surface area contributed by atoms with Gasteiger partial charge in [0.25, 0.3) is 0 Å². The number of nitrogen functional groups attached to an aromatic ring is 1. The molecule has 2 aromatic rings. The average molecular weight is 218 g/mol. The van der Waals surface area contributed by atoms with Gasteiger partial charge in [-0.3, -0.25) is 0 Å². The van der Waals surface area contributed by atoms with Crippen LogP contribution in [-0.4, -0.2) is 4.98 Å². The van der Waals surface area contributed by atoms with E-state index in [0.29, 0.717) is 21.9 Å². The van der Waals surface area contributed by atoms with Gasteiger partial charge in [0.15, 0.2) is 0 Å². The molecule has 0 radical (unpaired) electrons. The molecule has 0 aliphatic carbocycles. The van der Waals surface area contributed by atoms with Gasteiger partial charge < -0.3 is 5.73 Å². The molecule has 0 atom stereocenters. The summed E-state index contributed by atoms with van der Waals surface area (Å²) in [4.78, 5) is 4.19. The standard InChI is InChI=1S/C11H8ClN3/c1-6-9(12)3-2-8-10(14)4-7(5-13)15-11(6)8/h2-4H,1H3,(H2,14,15). The van der Waals surface area contributed by atoms with E-state index < -0.39 is 0 Å². The highest BCUT2D eigenvalue weighted by molar-refractivity contribution is 6.32. The Morgan fingerprint density at radius 1 is 1.47 bits per heavy atom. The molecule has 1 aromatic heterocycles. The first-order chi connectivity index (χ1) is 7.13. The minimum Gasteiger partial charge on any atom is -0.398 e. The number of aromatic nitrogens is 1. The molecule has 0 saturated heterocycles. The monoisotopic (exact) mass is 217 g/mol. The lowest BCUT2D eigenvalue weighted by atomic mass is 10.1. The van der Waals surface area contributed by atoms with Crippen LogP contribution in [0.25, 0.3) is 10.9 Å². The van der Waals surface area contributed by atoms with Crippen LogP contribution in [0.3, 0.4) is 0 Å². The van der Waals surface area contributed by atoms with E-state index >= 15 is 0 Å². The minimum atomic E-state index is 0.311. The van der Waals surface area contributed by atoms with E-state index in [9.17, 15) is 0 Å². The summed E-state index contributed by atoms with van der Waals surface area (Å²) in [7, 11) is 0. The number of benzene rings is 1. The fraction of sp³-hybridized carbons (Fsp3) is 0.0909. The van der Waals surface area contributed by atoms with E-state index in [4.69, 9.17) is 22.6 Å². The van der Waals surface area contributed by atoms with Crippen LogP contribution in [0.1, 0.15) is 11.3 Å². The van der Waals surface area contributed by atoms with E-state index in [1.165, 1.54) is 0 Å². The molecule has 4 heteroatoms. The Hall–Kier alpha value is -1.79. The van der Waals surface area contributed by atoms with Gasteiger partial charge in [-0.15, -0.1) is 0 Å². The van der Waals surface area contributed by atoms with Crippen LogP contribution in [0.5, 0.6) is 0 Å². The number of aryl methyl sites for hydroxylation is 1. The maximum absolute atomic E-state index is 8.78. The number of nitrogens with zero attached hydrogens (tertiary/aromatic N) is 2. The molecule has 0 amide bonds. The molecule has 0 unspecified atom stereocenters. The Kier molecular flexibility index (Phi) is 2.22. The fourth-order valence-corrected chi connectivity index (χ4v) is 1.64. The highest BCUT2D eigenvalue weighted by Crippen LogP contribution is 2.27. The Labute approximate surface area is 92.1 Å². The van der Waals surface area contributed by atoms with Crippen LogP contribution in [0, 0.1) is 18.3 Å². The van der Waals surface area contributed by atoms with E-state index in [-0.39, 0.29) is 0 Å². The van der Waals surface area contributed by atoms with E-state index in [1.54, 1.807) is 12.1 Å². The van der Waals surface area contributed by atoms with Crippen molar-refractivity contribution in [3.63, 3.8) is 0 Å². The number of anilines is 1. The first kappa shape index (κ1) is 9.75. The van der Waals surface area contributed by atoms with E-state index in [0.717, 1.165) is 10.9 Å². The summed E-state index contributed by atoms with van der Waals surface area (Å²) in [5.74, 6) is 0. The Bertz CT molecular complexity index is 584. The zero-order valence-electron chi connectivity index (χ0n) is 8.08. The summed E-state index contributed by atoms with van der Waals surface area (Å²) in [6.07, 6.45) is 0. The fourth-order valence-electron chi connectivity index (χ4n) is 1.49. The lowest BCUT2D eigenvalue weighted by molar-refractivity contribution is 1.30. The number of nitriles is 1. The van der Waals surface area contributed by atoms with Crippen molar-refractivity contribution in [2.45, 2.75) is 6.92 Å². The second-order valence-corrected chi connectivity index (χ2v) is 3.68. The van der Waals surface area contributed by atoms with Crippen LogP contribution >= 0.6 is 11.6 Å². The van der Waals surface area contributed by atoms with Gasteiger partial charge in [-0.05, 0) is 30.7 Å². The smallest absolute Gasteiger partial charge is 0.143 e. The Morgan fingerprint density at radius 3 is 2.87 bits per heavy atom. The Morgan fingerprint density at radius 2 is 2.20 bits per heavy atom. The van der Waals surface area contributed by atoms with Crippen molar-refractivity contribution in [2.24, 2.45) is 0 Å². The molecule has 74 valence electrons. The minimum absolute atomic E-state index is 0.311. The van der Waals surface area contributed by atoms with E-state index in [1.807, 2.05) is 19.1 Å². The molecule has 2 rings (SSSR count). The predicted octanol–water partition coefficient (Wildman–Crippen LogP) is 2.65. The molecule has 1 aromatic carbocycles. The number of fused-ring (bicyclic) bond motifs is 1. The summed E-state index contributed by atoms with van der Waals surface area (Å²) in [6.45, 7) is 1.86. The average Bonchev–Trinajstić information content (AvgIpc) is 2.23. The van der Waals surface area contributed by atoms with Crippen molar-refractivity contribution in [1.29, 1.82) is 5.26 Å². The molecule has 0 bridgehead atoms. The zero-order valence-corrected chi connectivity index (χ0v) is 8.84. The van der Waals surface area contributed by atoms with Crippen molar-refractivity contribution in [2.75, 3.05) is 5.73 Å². The van der Waals surface area contributed by atoms with Gasteiger partial charge in [0.1, 0.15) is 11.8 Å². The SMILES string of the molecule is Cc1c(Cl)ccc2c(N)cc(C#N)nc12. The number of halogens is 1. The van der Waals surface area contributed by atoms with Gasteiger partial charge in [0.05, 0.1) is 5.52 Å². The molecule has 0 aliphatic rings. The third-order valence-corrected chi connectivity index (χ3v) is 2.72. The number of pyridine rings is 1. The molecular formula is C11H8ClN3. The second kappa shape index (κ2) is 3.41. The van der Waals surface area contributed by atoms with Gasteiger partial charge >= 0.3 is 0 Å². The molecule has 2 N–H and O–H groups in total. The Balaban J connectivity index is 2.94. The van der Waals surface area contributed by atoms with Gasteiger partial charge in [0.2, 0.25) is 0 Å². The number of nitrogens with two attached hydrogens (primary N) is 1. The van der Waals surface area contributed by atoms with Gasteiger partial charge in [-0.2, -0.15) is 5.26 Å². The molecule has 0 aliphatic heterocycles. The first-order valence-electron chi connectivity index (χ1n) is 4.39. The number of rotatable bonds is 0. The lowest BCUT2D eigenvalue weighted by Gasteiger charge is -2.06. The summed E-state index contributed by atoms with van der Waals surface area (Å²) in [5.41, 5.74) is 8.22. The third-order valence-electron chi connectivity index (χ3n) is 2.31.